The molecular formula is C24H27N5O2S. The van der Waals surface area contributed by atoms with E-state index in [1.54, 1.807) is 11.6 Å². The Balaban J connectivity index is 1.67. The minimum Gasteiger partial charge on any atom is -0.305 e. The lowest BCUT2D eigenvalue weighted by Crippen LogP contribution is -2.53. The van der Waals surface area contributed by atoms with Crippen LogP contribution in [0.2, 0.25) is 0 Å². The van der Waals surface area contributed by atoms with Gasteiger partial charge in [-0.25, -0.2) is 0 Å². The number of rotatable bonds is 5. The number of aromatic nitrogens is 4. The van der Waals surface area contributed by atoms with Gasteiger partial charge in [0.15, 0.2) is 5.78 Å². The zero-order chi connectivity index (χ0) is 23.0. The third-order valence-electron chi connectivity index (χ3n) is 5.84. The number of thioether (sulfide) groups is 1. The van der Waals surface area contributed by atoms with Crippen molar-refractivity contribution in [2.45, 2.75) is 57.7 Å². The molecule has 1 unspecified atom stereocenters. The van der Waals surface area contributed by atoms with Gasteiger partial charge in [-0.15, -0.1) is 5.10 Å². The topological polar surface area (TPSA) is 81.0 Å². The molecule has 8 heteroatoms. The Morgan fingerprint density at radius 3 is 2.59 bits per heavy atom. The molecule has 0 aliphatic carbocycles. The predicted molar refractivity (Wildman–Crippen MR) is 126 cm³/mol. The number of ketones is 1. The molecule has 0 saturated carbocycles. The van der Waals surface area contributed by atoms with Gasteiger partial charge in [0.25, 0.3) is 0 Å². The summed E-state index contributed by atoms with van der Waals surface area (Å²) in [7, 11) is 0. The molecule has 0 fully saturated rings. The summed E-state index contributed by atoms with van der Waals surface area (Å²) in [4.78, 5) is 28.0. The highest BCUT2D eigenvalue weighted by atomic mass is 32.2. The predicted octanol–water partition coefficient (Wildman–Crippen LogP) is 4.58. The largest absolute Gasteiger partial charge is 0.305 e. The normalized spacial score (nSPS) is 17.2. The van der Waals surface area contributed by atoms with Crippen molar-refractivity contribution in [3.05, 3.63) is 59.2 Å². The highest BCUT2D eigenvalue weighted by Gasteiger charge is 2.41. The summed E-state index contributed by atoms with van der Waals surface area (Å²) in [5, 5.41) is 12.5. The molecule has 1 aliphatic heterocycles. The first kappa shape index (κ1) is 22.2. The summed E-state index contributed by atoms with van der Waals surface area (Å²) in [6, 6.07) is 13.6. The second-order valence-electron chi connectivity index (χ2n) is 8.95. The van der Waals surface area contributed by atoms with Crippen LogP contribution in [-0.2, 0) is 4.79 Å². The van der Waals surface area contributed by atoms with Gasteiger partial charge in [-0.3, -0.25) is 9.59 Å². The first-order valence-corrected chi connectivity index (χ1v) is 11.6. The van der Waals surface area contributed by atoms with Gasteiger partial charge in [0.2, 0.25) is 11.1 Å². The van der Waals surface area contributed by atoms with Gasteiger partial charge < -0.3 is 4.90 Å². The van der Waals surface area contributed by atoms with Crippen molar-refractivity contribution in [2.75, 3.05) is 10.7 Å². The van der Waals surface area contributed by atoms with Crippen LogP contribution in [0.15, 0.2) is 47.6 Å². The van der Waals surface area contributed by atoms with E-state index in [-0.39, 0.29) is 23.4 Å². The second kappa shape index (κ2) is 8.50. The van der Waals surface area contributed by atoms with E-state index < -0.39 is 5.54 Å². The molecule has 1 atom stereocenters. The highest BCUT2D eigenvalue weighted by Crippen LogP contribution is 2.46. The smallest absolute Gasteiger partial charge is 0.237 e. The summed E-state index contributed by atoms with van der Waals surface area (Å²) < 4.78 is 1.62. The van der Waals surface area contributed by atoms with Crippen LogP contribution in [0.25, 0.3) is 5.69 Å². The fraction of sp³-hybridized carbons (Fsp3) is 0.375. The number of tetrazole rings is 1. The lowest BCUT2D eigenvalue weighted by molar-refractivity contribution is -0.117. The zero-order valence-corrected chi connectivity index (χ0v) is 19.8. The van der Waals surface area contributed by atoms with Gasteiger partial charge in [0.05, 0.1) is 17.1 Å². The number of fused-ring (bicyclic) bond motifs is 1. The molecule has 1 aliphatic rings. The maximum atomic E-state index is 13.6. The van der Waals surface area contributed by atoms with E-state index in [0.29, 0.717) is 10.7 Å². The van der Waals surface area contributed by atoms with Crippen molar-refractivity contribution < 1.29 is 9.59 Å². The molecular weight excluding hydrogens is 422 g/mol. The summed E-state index contributed by atoms with van der Waals surface area (Å²) in [6.07, 6.45) is 0.818. The average Bonchev–Trinajstić information content (AvgIpc) is 3.21. The molecule has 1 aromatic heterocycles. The lowest BCUT2D eigenvalue weighted by Gasteiger charge is -2.47. The van der Waals surface area contributed by atoms with Crippen molar-refractivity contribution in [1.29, 1.82) is 0 Å². The first-order valence-electron chi connectivity index (χ1n) is 10.6. The molecule has 2 aromatic carbocycles. The van der Waals surface area contributed by atoms with E-state index in [1.165, 1.54) is 11.8 Å². The van der Waals surface area contributed by atoms with Crippen LogP contribution in [0.1, 0.15) is 61.5 Å². The number of amides is 1. The molecule has 3 aromatic rings. The number of para-hydroxylation sites is 1. The van der Waals surface area contributed by atoms with Crippen LogP contribution in [-0.4, -0.2) is 43.2 Å². The number of hydrogen-bond donors (Lipinski definition) is 0. The number of nitrogens with zero attached hydrogens (tertiary/aromatic N) is 5. The van der Waals surface area contributed by atoms with Gasteiger partial charge in [-0.2, -0.15) is 4.68 Å². The van der Waals surface area contributed by atoms with Crippen LogP contribution in [0.5, 0.6) is 0 Å². The molecule has 0 N–H and O–H groups in total. The monoisotopic (exact) mass is 449 g/mol. The van der Waals surface area contributed by atoms with Crippen molar-refractivity contribution in [3.63, 3.8) is 0 Å². The minimum absolute atomic E-state index is 0.0340. The number of anilines is 1. The van der Waals surface area contributed by atoms with Crippen molar-refractivity contribution >= 4 is 29.1 Å². The van der Waals surface area contributed by atoms with Crippen molar-refractivity contribution in [1.82, 2.24) is 20.2 Å². The minimum atomic E-state index is -0.422. The Morgan fingerprint density at radius 2 is 1.91 bits per heavy atom. The van der Waals surface area contributed by atoms with Gasteiger partial charge >= 0.3 is 0 Å². The van der Waals surface area contributed by atoms with E-state index in [9.17, 15) is 9.59 Å². The fourth-order valence-corrected chi connectivity index (χ4v) is 5.35. The van der Waals surface area contributed by atoms with E-state index in [0.717, 1.165) is 28.9 Å². The van der Waals surface area contributed by atoms with Gasteiger partial charge in [-0.05, 0) is 79.8 Å². The van der Waals surface area contributed by atoms with Gasteiger partial charge in [-0.1, -0.05) is 43.0 Å². The number of Topliss-reactive ketones (excluding diaryl/α,β-unsaturated/α-hetero) is 1. The molecule has 0 saturated heterocycles. The third kappa shape index (κ3) is 4.07. The quantitative estimate of drug-likeness (QED) is 0.419. The first-order chi connectivity index (χ1) is 15.2. The van der Waals surface area contributed by atoms with E-state index in [4.69, 9.17) is 0 Å². The number of hydrogen-bond acceptors (Lipinski definition) is 6. The standard InChI is InChI=1S/C24H27N5O2S/c1-15-11-19-16(2)13-24(4,5)28(22(19)20(12-15)17(3)30)21(31)14-32-23-25-26-27-29(23)18-9-7-6-8-10-18/h6-12,16H,13-14H2,1-5H3. The van der Waals surface area contributed by atoms with Crippen molar-refractivity contribution in [3.8, 4) is 5.69 Å². The maximum absolute atomic E-state index is 13.6. The molecule has 166 valence electrons. The van der Waals surface area contributed by atoms with E-state index in [2.05, 4.69) is 42.4 Å². The second-order valence-corrected chi connectivity index (χ2v) is 9.89. The van der Waals surface area contributed by atoms with Crippen LogP contribution in [0, 0.1) is 6.92 Å². The van der Waals surface area contributed by atoms with Crippen LogP contribution in [0.4, 0.5) is 5.69 Å². The Kier molecular flexibility index (Phi) is 5.90. The number of carbonyl (C=O) groups excluding carboxylic acids is 2. The van der Waals surface area contributed by atoms with Crippen LogP contribution < -0.4 is 4.90 Å². The van der Waals surface area contributed by atoms with E-state index in [1.807, 2.05) is 48.2 Å². The maximum Gasteiger partial charge on any atom is 0.237 e. The Bertz CT molecular complexity index is 1170. The SMILES string of the molecule is CC(=O)c1cc(C)cc2c1N(C(=O)CSc1nnnn1-c1ccccc1)C(C)(C)CC2C. The van der Waals surface area contributed by atoms with Crippen molar-refractivity contribution in [2.24, 2.45) is 0 Å². The summed E-state index contributed by atoms with van der Waals surface area (Å²) >= 11 is 1.29. The zero-order valence-electron chi connectivity index (χ0n) is 19.0. The molecule has 2 heterocycles. The highest BCUT2D eigenvalue weighted by molar-refractivity contribution is 7.99. The number of benzene rings is 2. The summed E-state index contributed by atoms with van der Waals surface area (Å²) in [6.45, 7) is 9.84. The van der Waals surface area contributed by atoms with Crippen LogP contribution >= 0.6 is 11.8 Å². The fourth-order valence-electron chi connectivity index (χ4n) is 4.61. The molecule has 0 bridgehead atoms. The number of aryl methyl sites for hydroxylation is 1. The van der Waals surface area contributed by atoms with Gasteiger partial charge in [0.1, 0.15) is 0 Å². The molecule has 0 radical (unpaired) electrons. The summed E-state index contributed by atoms with van der Waals surface area (Å²) in [5.41, 5.74) is 3.85. The van der Waals surface area contributed by atoms with Crippen LogP contribution in [0.3, 0.4) is 0 Å². The average molecular weight is 450 g/mol. The Labute approximate surface area is 192 Å². The summed E-state index contributed by atoms with van der Waals surface area (Å²) in [5.74, 6) is 0.311. The lowest BCUT2D eigenvalue weighted by atomic mass is 9.78. The Morgan fingerprint density at radius 1 is 1.19 bits per heavy atom. The molecule has 7 nitrogen and oxygen atoms in total. The Hall–Kier alpha value is -3.00. The molecule has 1 amide bonds. The third-order valence-corrected chi connectivity index (χ3v) is 6.75. The molecule has 0 spiro atoms. The van der Waals surface area contributed by atoms with E-state index >= 15 is 0 Å². The van der Waals surface area contributed by atoms with Gasteiger partial charge in [0, 0.05) is 11.1 Å². The molecule has 32 heavy (non-hydrogen) atoms. The molecule has 4 rings (SSSR count). The number of carbonyl (C=O) groups is 2.